The highest BCUT2D eigenvalue weighted by molar-refractivity contribution is 7.98. The van der Waals surface area contributed by atoms with Gasteiger partial charge >= 0.3 is 0 Å². The van der Waals surface area contributed by atoms with Gasteiger partial charge < -0.3 is 24.5 Å². The average Bonchev–Trinajstić information content (AvgIpc) is 3.00. The number of H-pyrrole nitrogens is 1. The first-order valence-electron chi connectivity index (χ1n) is 15.1. The van der Waals surface area contributed by atoms with Crippen molar-refractivity contribution in [1.82, 2.24) is 25.2 Å². The maximum Gasteiger partial charge on any atom is 0.265 e. The Kier molecular flexibility index (Phi) is 9.97. The number of nitrogens with one attached hydrogen (secondary N) is 2. The van der Waals surface area contributed by atoms with E-state index in [1.54, 1.807) is 24.5 Å². The van der Waals surface area contributed by atoms with E-state index < -0.39 is 17.2 Å². The number of aromatic nitrogens is 3. The molecule has 0 saturated carbocycles. The van der Waals surface area contributed by atoms with E-state index in [-0.39, 0.29) is 52.1 Å². The first-order chi connectivity index (χ1) is 21.4. The van der Waals surface area contributed by atoms with E-state index >= 15 is 8.78 Å². The van der Waals surface area contributed by atoms with Crippen molar-refractivity contribution in [3.8, 4) is 22.9 Å². The molecule has 1 aliphatic heterocycles. The van der Waals surface area contributed by atoms with Crippen LogP contribution in [-0.4, -0.2) is 77.3 Å². The Hall–Kier alpha value is -3.32. The molecule has 3 heterocycles. The number of pyridine rings is 1. The number of aromatic amines is 1. The predicted octanol–water partition coefficient (Wildman–Crippen LogP) is 5.91. The van der Waals surface area contributed by atoms with Gasteiger partial charge in [0.25, 0.3) is 5.56 Å². The van der Waals surface area contributed by atoms with E-state index in [0.717, 1.165) is 19.6 Å². The summed E-state index contributed by atoms with van der Waals surface area (Å²) >= 11 is 1.18. The molecule has 0 radical (unpaired) electrons. The van der Waals surface area contributed by atoms with Crippen molar-refractivity contribution < 1.29 is 23.0 Å². The van der Waals surface area contributed by atoms with Gasteiger partial charge in [-0.15, -0.1) is 0 Å². The molecule has 9 nitrogen and oxygen atoms in total. The minimum absolute atomic E-state index is 0.0309. The summed E-state index contributed by atoms with van der Waals surface area (Å²) in [7, 11) is 1.50. The summed E-state index contributed by atoms with van der Waals surface area (Å²) in [6.45, 7) is 12.9. The van der Waals surface area contributed by atoms with Crippen LogP contribution in [0.4, 0.5) is 8.78 Å². The van der Waals surface area contributed by atoms with E-state index in [2.05, 4.69) is 45.9 Å². The molecule has 0 aliphatic carbocycles. The van der Waals surface area contributed by atoms with Crippen molar-refractivity contribution in [2.24, 2.45) is 0 Å². The van der Waals surface area contributed by atoms with Crippen LogP contribution in [0.1, 0.15) is 46.6 Å². The number of benzene rings is 2. The van der Waals surface area contributed by atoms with Gasteiger partial charge in [0.05, 0.1) is 6.10 Å². The van der Waals surface area contributed by atoms with Crippen LogP contribution in [-0.2, 0) is 11.2 Å². The maximum absolute atomic E-state index is 16.6. The van der Waals surface area contributed by atoms with Crippen LogP contribution in [0.15, 0.2) is 34.2 Å². The standard InChI is InChI=1S/C33H41F2N5O4S/c1-8-22-24(34)10-9-19-14-21(43-17-42-6)15-23(25(19)22)28-27(35)29-26(30(41)39-32(38-29)45-7)31(37-28)44-18(2)13-20-16-40(12-11-36-20)33(3,4)5/h9-10,14-15,18,20,36H,8,11-13,16-17H2,1-7H3,(H,38,39,41)/t18?,20-/m0/s1. The number of hydrogen-bond acceptors (Lipinski definition) is 9. The van der Waals surface area contributed by atoms with E-state index in [1.807, 2.05) is 13.8 Å². The molecule has 0 amide bonds. The maximum atomic E-state index is 16.6. The number of hydrogen-bond donors (Lipinski definition) is 2. The van der Waals surface area contributed by atoms with Gasteiger partial charge in [-0.05, 0) is 74.9 Å². The molecule has 1 fully saturated rings. The minimum Gasteiger partial charge on any atom is -0.474 e. The fraction of sp³-hybridized carbons (Fsp3) is 0.485. The summed E-state index contributed by atoms with van der Waals surface area (Å²) in [4.78, 5) is 27.6. The normalized spacial score (nSPS) is 16.8. The Morgan fingerprint density at radius 2 is 1.96 bits per heavy atom. The predicted molar refractivity (Wildman–Crippen MR) is 175 cm³/mol. The van der Waals surface area contributed by atoms with Crippen molar-refractivity contribution in [3.05, 3.63) is 51.8 Å². The van der Waals surface area contributed by atoms with E-state index in [9.17, 15) is 4.79 Å². The van der Waals surface area contributed by atoms with Crippen LogP contribution in [0, 0.1) is 11.6 Å². The third-order valence-electron chi connectivity index (χ3n) is 8.16. The Morgan fingerprint density at radius 3 is 2.64 bits per heavy atom. The van der Waals surface area contributed by atoms with Gasteiger partial charge in [-0.3, -0.25) is 9.69 Å². The van der Waals surface area contributed by atoms with Gasteiger partial charge in [-0.1, -0.05) is 24.8 Å². The number of methoxy groups -OCH3 is 1. The van der Waals surface area contributed by atoms with Crippen LogP contribution < -0.4 is 20.3 Å². The first-order valence-corrected chi connectivity index (χ1v) is 16.4. The average molecular weight is 642 g/mol. The molecule has 242 valence electrons. The Bertz CT molecular complexity index is 1760. The zero-order valence-electron chi connectivity index (χ0n) is 26.8. The highest BCUT2D eigenvalue weighted by Crippen LogP contribution is 2.40. The van der Waals surface area contributed by atoms with Gasteiger partial charge in [-0.2, -0.15) is 0 Å². The lowest BCUT2D eigenvalue weighted by Crippen LogP contribution is -2.57. The van der Waals surface area contributed by atoms with Crippen LogP contribution >= 0.6 is 11.8 Å². The second-order valence-electron chi connectivity index (χ2n) is 12.3. The Labute approximate surface area is 266 Å². The van der Waals surface area contributed by atoms with Gasteiger partial charge in [0, 0.05) is 50.3 Å². The van der Waals surface area contributed by atoms with Crippen molar-refractivity contribution >= 4 is 33.4 Å². The minimum atomic E-state index is -0.808. The molecule has 2 aromatic carbocycles. The molecule has 1 saturated heterocycles. The lowest BCUT2D eigenvalue weighted by atomic mass is 9.94. The lowest BCUT2D eigenvalue weighted by Gasteiger charge is -2.42. The third-order valence-corrected chi connectivity index (χ3v) is 8.74. The largest absolute Gasteiger partial charge is 0.474 e. The molecule has 5 rings (SSSR count). The van der Waals surface area contributed by atoms with Crippen LogP contribution in [0.25, 0.3) is 32.9 Å². The van der Waals surface area contributed by atoms with Crippen molar-refractivity contribution in [2.75, 3.05) is 39.8 Å². The summed E-state index contributed by atoms with van der Waals surface area (Å²) in [6, 6.07) is 6.52. The molecule has 2 aromatic heterocycles. The van der Waals surface area contributed by atoms with Crippen LogP contribution in [0.5, 0.6) is 11.6 Å². The van der Waals surface area contributed by atoms with Crippen molar-refractivity contribution in [2.45, 2.75) is 70.3 Å². The molecular weight excluding hydrogens is 600 g/mol. The zero-order chi connectivity index (χ0) is 32.5. The lowest BCUT2D eigenvalue weighted by molar-refractivity contribution is 0.0512. The molecule has 1 unspecified atom stereocenters. The van der Waals surface area contributed by atoms with E-state index in [4.69, 9.17) is 14.2 Å². The molecule has 2 N–H and O–H groups in total. The number of ether oxygens (including phenoxy) is 3. The summed E-state index contributed by atoms with van der Waals surface area (Å²) in [5.41, 5.74) is -0.0961. The second kappa shape index (κ2) is 13.6. The van der Waals surface area contributed by atoms with Gasteiger partial charge in [0.15, 0.2) is 17.8 Å². The van der Waals surface area contributed by atoms with E-state index in [0.29, 0.717) is 40.5 Å². The van der Waals surface area contributed by atoms with Crippen LogP contribution in [0.2, 0.25) is 0 Å². The summed E-state index contributed by atoms with van der Waals surface area (Å²) < 4.78 is 49.0. The van der Waals surface area contributed by atoms with Gasteiger partial charge in [0.2, 0.25) is 5.88 Å². The SMILES string of the molecule is CCc1c(F)ccc2cc(OCOC)cc(-c3nc(OC(C)C[C@H]4CN(C(C)(C)C)CCN4)c4c(=O)[nH]c(SC)nc4c3F)c12. The summed E-state index contributed by atoms with van der Waals surface area (Å²) in [5.74, 6) is -0.866. The number of fused-ring (bicyclic) bond motifs is 2. The second-order valence-corrected chi connectivity index (χ2v) is 13.1. The third kappa shape index (κ3) is 6.94. The van der Waals surface area contributed by atoms with Crippen molar-refractivity contribution in [3.63, 3.8) is 0 Å². The first kappa shape index (κ1) is 33.1. The fourth-order valence-electron chi connectivity index (χ4n) is 5.95. The molecule has 0 bridgehead atoms. The molecule has 12 heteroatoms. The number of rotatable bonds is 10. The molecule has 1 aliphatic rings. The summed E-state index contributed by atoms with van der Waals surface area (Å²) in [5, 5.41) is 4.87. The Morgan fingerprint density at radius 1 is 1.18 bits per heavy atom. The number of nitrogens with zero attached hydrogens (tertiary/aromatic N) is 3. The monoisotopic (exact) mass is 641 g/mol. The van der Waals surface area contributed by atoms with E-state index in [1.165, 1.54) is 24.9 Å². The molecule has 2 atom stereocenters. The number of thioether (sulfide) groups is 1. The van der Waals surface area contributed by atoms with Gasteiger partial charge in [-0.25, -0.2) is 18.7 Å². The molecule has 45 heavy (non-hydrogen) atoms. The van der Waals surface area contributed by atoms with Crippen molar-refractivity contribution in [1.29, 1.82) is 0 Å². The molecule has 0 spiro atoms. The topological polar surface area (TPSA) is 102 Å². The van der Waals surface area contributed by atoms with Crippen LogP contribution in [0.3, 0.4) is 0 Å². The number of aryl methyl sites for hydroxylation is 1. The molecular formula is C33H41F2N5O4S. The Balaban J connectivity index is 1.67. The smallest absolute Gasteiger partial charge is 0.265 e. The quantitative estimate of drug-likeness (QED) is 0.124. The zero-order valence-corrected chi connectivity index (χ0v) is 27.7. The highest BCUT2D eigenvalue weighted by atomic mass is 32.2. The summed E-state index contributed by atoms with van der Waals surface area (Å²) in [6.07, 6.45) is 2.35. The van der Waals surface area contributed by atoms with Gasteiger partial charge in [0.1, 0.15) is 28.2 Å². The number of halogens is 2. The highest BCUT2D eigenvalue weighted by Gasteiger charge is 2.30. The number of piperazine rings is 1. The molecule has 4 aromatic rings. The fourth-order valence-corrected chi connectivity index (χ4v) is 6.33.